The lowest BCUT2D eigenvalue weighted by atomic mass is 10.0. The summed E-state index contributed by atoms with van der Waals surface area (Å²) in [6.45, 7) is 0. The first-order valence-electron chi connectivity index (χ1n) is 2.93. The van der Waals surface area contributed by atoms with Gasteiger partial charge in [0.25, 0.3) is 0 Å². The van der Waals surface area contributed by atoms with Crippen LogP contribution in [0.3, 0.4) is 0 Å². The van der Waals surface area contributed by atoms with Crippen molar-refractivity contribution in [2.24, 2.45) is 11.5 Å². The topological polar surface area (TPSA) is 64.9 Å². The van der Waals surface area contributed by atoms with E-state index < -0.39 is 6.17 Å². The predicted octanol–water partition coefficient (Wildman–Crippen LogP) is -1.21. The zero-order valence-electron chi connectivity index (χ0n) is 5.49. The molecule has 4 heteroatoms. The van der Waals surface area contributed by atoms with Crippen LogP contribution in [0.15, 0.2) is 18.3 Å². The van der Waals surface area contributed by atoms with Gasteiger partial charge in [0, 0.05) is 11.8 Å². The molecule has 0 aromatic carbocycles. The molecule has 0 unspecified atom stereocenters. The molecule has 0 aliphatic heterocycles. The van der Waals surface area contributed by atoms with Crippen LogP contribution in [-0.4, -0.2) is 12.8 Å². The molecule has 50 valence electrons. The fourth-order valence-corrected chi connectivity index (χ4v) is 0.614. The van der Waals surface area contributed by atoms with Gasteiger partial charge in [-0.15, -0.1) is 0 Å². The van der Waals surface area contributed by atoms with Gasteiger partial charge in [0.1, 0.15) is 7.85 Å². The monoisotopic (exact) mass is 133 g/mol. The van der Waals surface area contributed by atoms with Gasteiger partial charge in [-0.25, -0.2) is 0 Å². The van der Waals surface area contributed by atoms with Crippen molar-refractivity contribution in [1.82, 2.24) is 4.98 Å². The first kappa shape index (κ1) is 7.24. The molecule has 0 saturated carbocycles. The summed E-state index contributed by atoms with van der Waals surface area (Å²) in [5.41, 5.74) is 12.0. The van der Waals surface area contributed by atoms with Crippen molar-refractivity contribution in [2.45, 2.75) is 6.17 Å². The second-order valence-electron chi connectivity index (χ2n) is 2.04. The second-order valence-corrected chi connectivity index (χ2v) is 2.04. The molecule has 4 N–H and O–H groups in total. The number of hydrogen-bond donors (Lipinski definition) is 2. The third kappa shape index (κ3) is 1.56. The van der Waals surface area contributed by atoms with E-state index in [1.54, 1.807) is 18.3 Å². The molecule has 0 bridgehead atoms. The summed E-state index contributed by atoms with van der Waals surface area (Å²) < 4.78 is 0. The molecule has 2 radical (unpaired) electrons. The van der Waals surface area contributed by atoms with E-state index in [2.05, 4.69) is 4.98 Å². The summed E-state index contributed by atoms with van der Waals surface area (Å²) in [5.74, 6) is 0. The van der Waals surface area contributed by atoms with Gasteiger partial charge in [-0.05, 0) is 5.59 Å². The number of nitrogens with two attached hydrogens (primary N) is 2. The average Bonchev–Trinajstić information content (AvgIpc) is 1.88. The highest BCUT2D eigenvalue weighted by atomic mass is 14.9. The SMILES string of the molecule is [B]c1ccc(C(N)N)cn1. The number of rotatable bonds is 1. The predicted molar refractivity (Wildman–Crippen MR) is 40.7 cm³/mol. The van der Waals surface area contributed by atoms with Crippen molar-refractivity contribution >= 4 is 13.4 Å². The Morgan fingerprint density at radius 2 is 2.10 bits per heavy atom. The smallest absolute Gasteiger partial charge is 0.141 e. The Morgan fingerprint density at radius 3 is 2.50 bits per heavy atom. The lowest BCUT2D eigenvalue weighted by molar-refractivity contribution is 0.769. The number of pyridine rings is 1. The Hall–Kier alpha value is -0.865. The minimum absolute atomic E-state index is 0.465. The van der Waals surface area contributed by atoms with Crippen molar-refractivity contribution in [3.05, 3.63) is 23.9 Å². The number of hydrogen-bond acceptors (Lipinski definition) is 3. The maximum Gasteiger partial charge on any atom is 0.141 e. The largest absolute Gasteiger partial charge is 0.312 e. The Morgan fingerprint density at radius 1 is 1.40 bits per heavy atom. The van der Waals surface area contributed by atoms with Crippen LogP contribution in [0, 0.1) is 0 Å². The molecule has 0 amide bonds. The number of aromatic nitrogens is 1. The van der Waals surface area contributed by atoms with Crippen molar-refractivity contribution in [3.63, 3.8) is 0 Å². The second kappa shape index (κ2) is 2.81. The van der Waals surface area contributed by atoms with Gasteiger partial charge in [-0.3, -0.25) is 4.98 Å². The lowest BCUT2D eigenvalue weighted by Gasteiger charge is -2.03. The van der Waals surface area contributed by atoms with Crippen LogP contribution in [-0.2, 0) is 0 Å². The van der Waals surface area contributed by atoms with E-state index >= 15 is 0 Å². The van der Waals surface area contributed by atoms with Gasteiger partial charge in [0.15, 0.2) is 0 Å². The van der Waals surface area contributed by atoms with E-state index in [1.807, 2.05) is 0 Å². The Balaban J connectivity index is 2.89. The van der Waals surface area contributed by atoms with E-state index in [9.17, 15) is 0 Å². The maximum absolute atomic E-state index is 5.36. The molecule has 1 rings (SSSR count). The minimum atomic E-state index is -0.465. The summed E-state index contributed by atoms with van der Waals surface area (Å²) in [6, 6.07) is 3.43. The standard InChI is InChI=1S/C6H8BN3/c7-5-2-1-4(3-10-5)6(8)9/h1-3,6H,8-9H2. The summed E-state index contributed by atoms with van der Waals surface area (Å²) in [4.78, 5) is 3.82. The summed E-state index contributed by atoms with van der Waals surface area (Å²) in [5, 5.41) is 0. The van der Waals surface area contributed by atoms with Crippen molar-refractivity contribution in [2.75, 3.05) is 0 Å². The van der Waals surface area contributed by atoms with Crippen LogP contribution in [0.2, 0.25) is 0 Å². The summed E-state index contributed by atoms with van der Waals surface area (Å²) in [7, 11) is 5.33. The highest BCUT2D eigenvalue weighted by Gasteiger charge is 1.96. The molecule has 0 aliphatic rings. The highest BCUT2D eigenvalue weighted by Crippen LogP contribution is 1.98. The fourth-order valence-electron chi connectivity index (χ4n) is 0.614. The van der Waals surface area contributed by atoms with Crippen LogP contribution in [0.25, 0.3) is 0 Å². The van der Waals surface area contributed by atoms with Crippen molar-refractivity contribution in [1.29, 1.82) is 0 Å². The van der Waals surface area contributed by atoms with Gasteiger partial charge in [0.05, 0.1) is 6.17 Å². The lowest BCUT2D eigenvalue weighted by Crippen LogP contribution is -2.21. The first-order valence-corrected chi connectivity index (χ1v) is 2.93. The quantitative estimate of drug-likeness (QED) is 0.373. The molecule has 3 nitrogen and oxygen atoms in total. The Kier molecular flexibility index (Phi) is 2.04. The van der Waals surface area contributed by atoms with E-state index in [4.69, 9.17) is 19.3 Å². The molecule has 1 heterocycles. The van der Waals surface area contributed by atoms with Gasteiger partial charge >= 0.3 is 0 Å². The molecule has 0 atom stereocenters. The Bertz CT molecular complexity index is 207. The number of nitrogens with zero attached hydrogens (tertiary/aromatic N) is 1. The van der Waals surface area contributed by atoms with E-state index in [0.717, 1.165) is 5.56 Å². The molecular weight excluding hydrogens is 125 g/mol. The molecule has 0 aliphatic carbocycles. The molecule has 1 aromatic heterocycles. The van der Waals surface area contributed by atoms with Crippen LogP contribution >= 0.6 is 0 Å². The average molecular weight is 133 g/mol. The summed E-state index contributed by atoms with van der Waals surface area (Å²) >= 11 is 0. The zero-order valence-corrected chi connectivity index (χ0v) is 5.49. The van der Waals surface area contributed by atoms with E-state index in [-0.39, 0.29) is 0 Å². The summed E-state index contributed by atoms with van der Waals surface area (Å²) in [6.07, 6.45) is 1.10. The molecular formula is C6H8BN3. The Labute approximate surface area is 60.8 Å². The van der Waals surface area contributed by atoms with Gasteiger partial charge in [-0.1, -0.05) is 12.1 Å². The zero-order chi connectivity index (χ0) is 7.56. The van der Waals surface area contributed by atoms with Gasteiger partial charge in [-0.2, -0.15) is 0 Å². The van der Waals surface area contributed by atoms with Crippen LogP contribution < -0.4 is 17.1 Å². The highest BCUT2D eigenvalue weighted by molar-refractivity contribution is 6.30. The molecule has 0 spiro atoms. The van der Waals surface area contributed by atoms with Crippen molar-refractivity contribution in [3.8, 4) is 0 Å². The normalized spacial score (nSPS) is 10.3. The van der Waals surface area contributed by atoms with E-state index in [1.165, 1.54) is 0 Å². The molecule has 0 saturated heterocycles. The molecule has 10 heavy (non-hydrogen) atoms. The first-order chi connectivity index (χ1) is 4.70. The van der Waals surface area contributed by atoms with E-state index in [0.29, 0.717) is 5.59 Å². The van der Waals surface area contributed by atoms with Gasteiger partial charge in [0.2, 0.25) is 0 Å². The maximum atomic E-state index is 5.36. The van der Waals surface area contributed by atoms with Crippen LogP contribution in [0.1, 0.15) is 11.7 Å². The fraction of sp³-hybridized carbons (Fsp3) is 0.167. The third-order valence-electron chi connectivity index (χ3n) is 1.19. The third-order valence-corrected chi connectivity index (χ3v) is 1.19. The minimum Gasteiger partial charge on any atom is -0.312 e. The molecule has 1 aromatic rings. The van der Waals surface area contributed by atoms with Crippen LogP contribution in [0.4, 0.5) is 0 Å². The van der Waals surface area contributed by atoms with Crippen LogP contribution in [0.5, 0.6) is 0 Å². The van der Waals surface area contributed by atoms with Crippen molar-refractivity contribution < 1.29 is 0 Å². The molecule has 0 fully saturated rings. The van der Waals surface area contributed by atoms with Gasteiger partial charge < -0.3 is 11.5 Å².